The van der Waals surface area contributed by atoms with Crippen LogP contribution >= 0.6 is 11.3 Å². The van der Waals surface area contributed by atoms with E-state index >= 15 is 0 Å². The van der Waals surface area contributed by atoms with Crippen LogP contribution in [0.4, 0.5) is 5.69 Å². The van der Waals surface area contributed by atoms with Gasteiger partial charge in [0, 0.05) is 17.8 Å². The molecule has 31 heavy (non-hydrogen) atoms. The minimum atomic E-state index is -0.373. The largest absolute Gasteiger partial charge is 0.454 e. The van der Waals surface area contributed by atoms with E-state index in [1.165, 1.54) is 4.70 Å². The highest BCUT2D eigenvalue weighted by molar-refractivity contribution is 7.21. The van der Waals surface area contributed by atoms with Crippen LogP contribution < -0.4 is 20.1 Å². The number of carbonyl (C=O) groups excluding carboxylic acids is 1. The summed E-state index contributed by atoms with van der Waals surface area (Å²) >= 11 is 1.67. The summed E-state index contributed by atoms with van der Waals surface area (Å²) in [6.07, 6.45) is 0. The minimum absolute atomic E-state index is 0.0760. The van der Waals surface area contributed by atoms with Gasteiger partial charge in [-0.2, -0.15) is 0 Å². The van der Waals surface area contributed by atoms with Gasteiger partial charge in [0.15, 0.2) is 11.5 Å². The smallest absolute Gasteiger partial charge is 0.242 e. The van der Waals surface area contributed by atoms with Crippen LogP contribution in [0.1, 0.15) is 12.5 Å². The van der Waals surface area contributed by atoms with Crippen molar-refractivity contribution < 1.29 is 14.3 Å². The highest BCUT2D eigenvalue weighted by atomic mass is 32.1. The van der Waals surface area contributed by atoms with Crippen LogP contribution in [0.3, 0.4) is 0 Å². The molecule has 1 aliphatic rings. The molecule has 5 rings (SSSR count). The molecule has 0 radical (unpaired) electrons. The first-order valence-corrected chi connectivity index (χ1v) is 10.9. The average Bonchev–Trinajstić information content (AvgIpc) is 3.44. The van der Waals surface area contributed by atoms with E-state index in [0.717, 1.165) is 33.1 Å². The lowest BCUT2D eigenvalue weighted by Crippen LogP contribution is -2.37. The third kappa shape index (κ3) is 4.18. The summed E-state index contributed by atoms with van der Waals surface area (Å²) in [6.45, 7) is 2.51. The maximum absolute atomic E-state index is 12.5. The van der Waals surface area contributed by atoms with Crippen molar-refractivity contribution in [3.8, 4) is 22.1 Å². The van der Waals surface area contributed by atoms with Gasteiger partial charge in [-0.15, -0.1) is 11.3 Å². The molecule has 2 N–H and O–H groups in total. The minimum Gasteiger partial charge on any atom is -0.454 e. The van der Waals surface area contributed by atoms with Gasteiger partial charge in [-0.1, -0.05) is 18.2 Å². The van der Waals surface area contributed by atoms with E-state index < -0.39 is 0 Å². The summed E-state index contributed by atoms with van der Waals surface area (Å²) in [7, 11) is 0. The first-order valence-electron chi connectivity index (χ1n) is 10.0. The van der Waals surface area contributed by atoms with Crippen LogP contribution in [0.25, 0.3) is 20.8 Å². The summed E-state index contributed by atoms with van der Waals surface area (Å²) in [5.41, 5.74) is 3.92. The Kier molecular flexibility index (Phi) is 5.18. The molecule has 0 bridgehead atoms. The molecule has 7 heteroatoms. The summed E-state index contributed by atoms with van der Waals surface area (Å²) in [6, 6.07) is 21.4. The van der Waals surface area contributed by atoms with E-state index in [9.17, 15) is 4.79 Å². The Morgan fingerprint density at radius 1 is 1.06 bits per heavy atom. The molecule has 0 spiro atoms. The number of benzene rings is 3. The lowest BCUT2D eigenvalue weighted by Gasteiger charge is -2.15. The van der Waals surface area contributed by atoms with Gasteiger partial charge >= 0.3 is 0 Å². The fourth-order valence-electron chi connectivity index (χ4n) is 3.41. The lowest BCUT2D eigenvalue weighted by molar-refractivity contribution is -0.121. The van der Waals surface area contributed by atoms with Crippen molar-refractivity contribution in [1.82, 2.24) is 10.3 Å². The Morgan fingerprint density at radius 3 is 2.71 bits per heavy atom. The molecule has 1 atom stereocenters. The van der Waals surface area contributed by atoms with Crippen molar-refractivity contribution in [3.05, 3.63) is 72.3 Å². The zero-order chi connectivity index (χ0) is 21.2. The second-order valence-electron chi connectivity index (χ2n) is 7.34. The quantitative estimate of drug-likeness (QED) is 0.458. The van der Waals surface area contributed by atoms with Crippen LogP contribution in [0.15, 0.2) is 66.7 Å². The number of nitrogens with one attached hydrogen (secondary N) is 2. The Labute approximate surface area is 183 Å². The van der Waals surface area contributed by atoms with E-state index in [-0.39, 0.29) is 18.7 Å². The molecule has 0 unspecified atom stereocenters. The third-order valence-corrected chi connectivity index (χ3v) is 6.19. The monoisotopic (exact) mass is 431 g/mol. The topological polar surface area (TPSA) is 72.5 Å². The molecule has 0 saturated heterocycles. The lowest BCUT2D eigenvalue weighted by atomic mass is 10.2. The molecule has 0 fully saturated rings. The predicted octanol–water partition coefficient (Wildman–Crippen LogP) is 4.81. The normalized spacial score (nSPS) is 13.2. The van der Waals surface area contributed by atoms with Crippen LogP contribution in [0, 0.1) is 0 Å². The maximum atomic E-state index is 12.5. The van der Waals surface area contributed by atoms with Gasteiger partial charge in [-0.3, -0.25) is 4.79 Å². The summed E-state index contributed by atoms with van der Waals surface area (Å²) in [4.78, 5) is 17.2. The number of ether oxygens (including phenoxy) is 2. The van der Waals surface area contributed by atoms with E-state index in [1.54, 1.807) is 11.3 Å². The fourth-order valence-corrected chi connectivity index (χ4v) is 4.38. The Hall–Kier alpha value is -3.58. The molecule has 156 valence electrons. The molecule has 1 amide bonds. The number of carbonyl (C=O) groups is 1. The van der Waals surface area contributed by atoms with E-state index in [0.29, 0.717) is 12.3 Å². The fraction of sp³-hybridized carbons (Fsp3) is 0.167. The Bertz CT molecular complexity index is 1200. The van der Waals surface area contributed by atoms with E-state index in [4.69, 9.17) is 14.5 Å². The van der Waals surface area contributed by atoms with E-state index in [2.05, 4.69) is 16.7 Å². The van der Waals surface area contributed by atoms with Crippen LogP contribution in [-0.4, -0.2) is 23.7 Å². The highest BCUT2D eigenvalue weighted by Gasteiger charge is 2.15. The summed E-state index contributed by atoms with van der Waals surface area (Å²) < 4.78 is 11.9. The standard InChI is InChI=1S/C24H21N3O3S/c1-15(23(28)25-13-16-6-11-20-21(12-16)30-14-29-20)26-18-9-7-17(8-10-18)24-27-19-4-2-3-5-22(19)31-24/h2-12,15,26H,13-14H2,1H3,(H,25,28)/t15-/m1/s1. The molecule has 4 aromatic rings. The summed E-state index contributed by atoms with van der Waals surface area (Å²) in [5.74, 6) is 1.37. The van der Waals surface area contributed by atoms with Crippen LogP contribution in [-0.2, 0) is 11.3 Å². The molecule has 0 aliphatic carbocycles. The van der Waals surface area contributed by atoms with Gasteiger partial charge in [-0.25, -0.2) is 4.98 Å². The van der Waals surface area contributed by atoms with Gasteiger partial charge in [0.2, 0.25) is 12.7 Å². The number of rotatable bonds is 6. The number of anilines is 1. The van der Waals surface area contributed by atoms with Gasteiger partial charge in [0.25, 0.3) is 0 Å². The number of amides is 1. The molecule has 1 aromatic heterocycles. The number of hydrogen-bond donors (Lipinski definition) is 2. The SMILES string of the molecule is C[C@@H](Nc1ccc(-c2nc3ccccc3s2)cc1)C(=O)NCc1ccc2c(c1)OCO2. The van der Waals surface area contributed by atoms with Crippen molar-refractivity contribution in [2.75, 3.05) is 12.1 Å². The van der Waals surface area contributed by atoms with Gasteiger partial charge in [0.1, 0.15) is 11.0 Å². The highest BCUT2D eigenvalue weighted by Crippen LogP contribution is 2.32. The molecule has 2 heterocycles. The van der Waals surface area contributed by atoms with Gasteiger partial charge < -0.3 is 20.1 Å². The summed E-state index contributed by atoms with van der Waals surface area (Å²) in [5, 5.41) is 7.20. The van der Waals surface area contributed by atoms with Crippen molar-refractivity contribution >= 4 is 33.1 Å². The Morgan fingerprint density at radius 2 is 1.87 bits per heavy atom. The van der Waals surface area contributed by atoms with Crippen LogP contribution in [0.2, 0.25) is 0 Å². The number of thiazole rings is 1. The third-order valence-electron chi connectivity index (χ3n) is 5.11. The first-order chi connectivity index (χ1) is 15.2. The van der Waals surface area contributed by atoms with Crippen molar-refractivity contribution in [3.63, 3.8) is 0 Å². The number of para-hydroxylation sites is 1. The van der Waals surface area contributed by atoms with Crippen molar-refractivity contribution in [1.29, 1.82) is 0 Å². The van der Waals surface area contributed by atoms with Gasteiger partial charge in [0.05, 0.1) is 10.2 Å². The first kappa shape index (κ1) is 19.4. The molecule has 0 saturated carbocycles. The maximum Gasteiger partial charge on any atom is 0.242 e. The van der Waals surface area contributed by atoms with E-state index in [1.807, 2.05) is 67.6 Å². The van der Waals surface area contributed by atoms with Crippen LogP contribution in [0.5, 0.6) is 11.5 Å². The molecule has 1 aliphatic heterocycles. The number of fused-ring (bicyclic) bond motifs is 2. The second kappa shape index (κ2) is 8.28. The molecule has 3 aromatic carbocycles. The number of hydrogen-bond acceptors (Lipinski definition) is 6. The number of nitrogens with zero attached hydrogens (tertiary/aromatic N) is 1. The zero-order valence-electron chi connectivity index (χ0n) is 16.9. The molecular formula is C24H21N3O3S. The molecule has 6 nitrogen and oxygen atoms in total. The Balaban J connectivity index is 1.18. The average molecular weight is 432 g/mol. The second-order valence-corrected chi connectivity index (χ2v) is 8.37. The number of aromatic nitrogens is 1. The van der Waals surface area contributed by atoms with Gasteiger partial charge in [-0.05, 0) is 61.0 Å². The predicted molar refractivity (Wildman–Crippen MR) is 123 cm³/mol. The molecular weight excluding hydrogens is 410 g/mol. The van der Waals surface area contributed by atoms with Crippen molar-refractivity contribution in [2.45, 2.75) is 19.5 Å². The van der Waals surface area contributed by atoms with Crippen molar-refractivity contribution in [2.24, 2.45) is 0 Å². The zero-order valence-corrected chi connectivity index (χ0v) is 17.7.